The number of fused-ring (bicyclic) bond motifs is 3. The van der Waals surface area contributed by atoms with Crippen LogP contribution in [-0.2, 0) is 9.53 Å². The molecule has 0 aromatic rings. The Kier molecular flexibility index (Phi) is 2.67. The molecule has 2 saturated carbocycles. The van der Waals surface area contributed by atoms with Gasteiger partial charge in [-0.25, -0.2) is 4.79 Å². The van der Waals surface area contributed by atoms with E-state index in [-0.39, 0.29) is 29.3 Å². The Labute approximate surface area is 112 Å². The average molecular weight is 265 g/mol. The first kappa shape index (κ1) is 12.0. The SMILES string of the molecule is C=C1C(=O)OC2C1CCC(=C)C1CC(Cl)C(=C)C12. The normalized spacial score (nSPS) is 43.5. The number of alkyl halides is 1. The van der Waals surface area contributed by atoms with Crippen molar-refractivity contribution in [2.24, 2.45) is 17.8 Å². The summed E-state index contributed by atoms with van der Waals surface area (Å²) in [4.78, 5) is 11.7. The van der Waals surface area contributed by atoms with Gasteiger partial charge >= 0.3 is 5.97 Å². The molecule has 0 spiro atoms. The van der Waals surface area contributed by atoms with Crippen LogP contribution in [-0.4, -0.2) is 17.5 Å². The van der Waals surface area contributed by atoms with Crippen molar-refractivity contribution in [2.45, 2.75) is 30.7 Å². The molecule has 3 aliphatic rings. The molecule has 96 valence electrons. The van der Waals surface area contributed by atoms with Gasteiger partial charge in [0.15, 0.2) is 0 Å². The van der Waals surface area contributed by atoms with Crippen molar-refractivity contribution in [3.63, 3.8) is 0 Å². The Bertz CT molecular complexity index is 465. The topological polar surface area (TPSA) is 26.3 Å². The first-order valence-electron chi connectivity index (χ1n) is 6.41. The fourth-order valence-corrected chi connectivity index (χ4v) is 4.01. The second-order valence-electron chi connectivity index (χ2n) is 5.61. The van der Waals surface area contributed by atoms with E-state index in [1.807, 2.05) is 0 Å². The molecule has 0 aromatic carbocycles. The Morgan fingerprint density at radius 1 is 1.22 bits per heavy atom. The Balaban J connectivity index is 2.01. The van der Waals surface area contributed by atoms with Crippen LogP contribution in [0.15, 0.2) is 36.5 Å². The molecule has 2 nitrogen and oxygen atoms in total. The number of ether oxygens (including phenoxy) is 1. The van der Waals surface area contributed by atoms with Gasteiger partial charge in [0.2, 0.25) is 0 Å². The van der Waals surface area contributed by atoms with E-state index in [9.17, 15) is 4.79 Å². The highest BCUT2D eigenvalue weighted by atomic mass is 35.5. The summed E-state index contributed by atoms with van der Waals surface area (Å²) in [5.41, 5.74) is 2.84. The number of esters is 1. The third-order valence-corrected chi connectivity index (χ3v) is 5.19. The fraction of sp³-hybridized carbons (Fsp3) is 0.533. The number of allylic oxidation sites excluding steroid dienone is 1. The predicted octanol–water partition coefficient (Wildman–Crippen LogP) is 3.23. The minimum Gasteiger partial charge on any atom is -0.458 e. The lowest BCUT2D eigenvalue weighted by Crippen LogP contribution is -2.29. The quantitative estimate of drug-likeness (QED) is 0.291. The van der Waals surface area contributed by atoms with E-state index in [0.29, 0.717) is 11.5 Å². The number of carbonyl (C=O) groups is 1. The van der Waals surface area contributed by atoms with E-state index in [1.165, 1.54) is 5.57 Å². The van der Waals surface area contributed by atoms with Crippen molar-refractivity contribution in [3.05, 3.63) is 36.5 Å². The summed E-state index contributed by atoms with van der Waals surface area (Å²) in [6.07, 6.45) is 2.58. The average Bonchev–Trinajstić information content (AvgIpc) is 2.72. The van der Waals surface area contributed by atoms with Gasteiger partial charge in [-0.1, -0.05) is 30.9 Å². The lowest BCUT2D eigenvalue weighted by atomic mass is 9.82. The van der Waals surface area contributed by atoms with Crippen molar-refractivity contribution < 1.29 is 9.53 Å². The number of hydrogen-bond donors (Lipinski definition) is 0. The van der Waals surface area contributed by atoms with Crippen LogP contribution in [0.4, 0.5) is 0 Å². The maximum absolute atomic E-state index is 11.7. The summed E-state index contributed by atoms with van der Waals surface area (Å²) < 4.78 is 5.54. The Morgan fingerprint density at radius 3 is 2.67 bits per heavy atom. The number of halogens is 1. The molecule has 0 aromatic heterocycles. The van der Waals surface area contributed by atoms with E-state index in [4.69, 9.17) is 16.3 Å². The van der Waals surface area contributed by atoms with Gasteiger partial charge in [0.05, 0.1) is 5.38 Å². The van der Waals surface area contributed by atoms with Crippen LogP contribution in [0.25, 0.3) is 0 Å². The second kappa shape index (κ2) is 3.99. The summed E-state index contributed by atoms with van der Waals surface area (Å²) in [5, 5.41) is -0.0249. The highest BCUT2D eigenvalue weighted by molar-refractivity contribution is 6.22. The smallest absolute Gasteiger partial charge is 0.334 e. The molecule has 3 fully saturated rings. The fourth-order valence-electron chi connectivity index (χ4n) is 3.67. The molecule has 0 amide bonds. The van der Waals surface area contributed by atoms with E-state index in [2.05, 4.69) is 19.7 Å². The zero-order chi connectivity index (χ0) is 13.0. The molecule has 0 N–H and O–H groups in total. The van der Waals surface area contributed by atoms with Gasteiger partial charge < -0.3 is 4.74 Å². The van der Waals surface area contributed by atoms with Crippen LogP contribution in [0, 0.1) is 17.8 Å². The standard InChI is InChI=1S/C15H17ClO2/c1-7-4-5-10-8(2)15(17)18-14(10)13-9(3)12(16)6-11(7)13/h10-14H,1-6H2. The van der Waals surface area contributed by atoms with E-state index in [1.54, 1.807) is 0 Å². The summed E-state index contributed by atoms with van der Waals surface area (Å²) >= 11 is 6.32. The van der Waals surface area contributed by atoms with Crippen LogP contribution < -0.4 is 0 Å². The van der Waals surface area contributed by atoms with Crippen LogP contribution in [0.1, 0.15) is 19.3 Å². The first-order chi connectivity index (χ1) is 8.50. The zero-order valence-electron chi connectivity index (χ0n) is 10.3. The molecule has 3 rings (SSSR count). The van der Waals surface area contributed by atoms with Crippen molar-refractivity contribution in [2.75, 3.05) is 0 Å². The second-order valence-corrected chi connectivity index (χ2v) is 6.14. The molecular formula is C15H17ClO2. The minimum absolute atomic E-state index is 0.0249. The molecule has 0 radical (unpaired) electrons. The van der Waals surface area contributed by atoms with E-state index >= 15 is 0 Å². The maximum Gasteiger partial charge on any atom is 0.334 e. The molecule has 0 bridgehead atoms. The Morgan fingerprint density at radius 2 is 1.94 bits per heavy atom. The minimum atomic E-state index is -0.248. The molecule has 2 aliphatic carbocycles. The molecule has 5 unspecified atom stereocenters. The van der Waals surface area contributed by atoms with Gasteiger partial charge in [0.1, 0.15) is 6.10 Å². The van der Waals surface area contributed by atoms with Gasteiger partial charge in [0, 0.05) is 17.4 Å². The van der Waals surface area contributed by atoms with Crippen LogP contribution in [0.3, 0.4) is 0 Å². The first-order valence-corrected chi connectivity index (χ1v) is 6.84. The van der Waals surface area contributed by atoms with Crippen LogP contribution >= 0.6 is 11.6 Å². The molecule has 5 atom stereocenters. The summed E-state index contributed by atoms with van der Waals surface area (Å²) in [6.45, 7) is 12.2. The molecule has 1 aliphatic heterocycles. The number of rotatable bonds is 0. The van der Waals surface area contributed by atoms with Crippen molar-refractivity contribution in [3.8, 4) is 0 Å². The Hall–Kier alpha value is -1.02. The van der Waals surface area contributed by atoms with Crippen molar-refractivity contribution in [1.29, 1.82) is 0 Å². The molecule has 3 heteroatoms. The lowest BCUT2D eigenvalue weighted by Gasteiger charge is -2.26. The van der Waals surface area contributed by atoms with Gasteiger partial charge in [0.25, 0.3) is 0 Å². The van der Waals surface area contributed by atoms with Crippen LogP contribution in [0.5, 0.6) is 0 Å². The predicted molar refractivity (Wildman–Crippen MR) is 71.3 cm³/mol. The van der Waals surface area contributed by atoms with E-state index in [0.717, 1.165) is 24.8 Å². The van der Waals surface area contributed by atoms with Gasteiger partial charge in [-0.15, -0.1) is 11.6 Å². The van der Waals surface area contributed by atoms with Crippen molar-refractivity contribution >= 4 is 17.6 Å². The van der Waals surface area contributed by atoms with E-state index < -0.39 is 0 Å². The monoisotopic (exact) mass is 264 g/mol. The third kappa shape index (κ3) is 1.51. The van der Waals surface area contributed by atoms with Gasteiger partial charge in [-0.2, -0.15) is 0 Å². The highest BCUT2D eigenvalue weighted by Crippen LogP contribution is 2.53. The molecule has 18 heavy (non-hydrogen) atoms. The highest BCUT2D eigenvalue weighted by Gasteiger charge is 2.52. The van der Waals surface area contributed by atoms with Gasteiger partial charge in [-0.3, -0.25) is 0 Å². The van der Waals surface area contributed by atoms with Crippen LogP contribution in [0.2, 0.25) is 0 Å². The summed E-state index contributed by atoms with van der Waals surface area (Å²) in [5.74, 6) is 0.314. The summed E-state index contributed by atoms with van der Waals surface area (Å²) in [7, 11) is 0. The molecular weight excluding hydrogens is 248 g/mol. The molecule has 1 saturated heterocycles. The lowest BCUT2D eigenvalue weighted by molar-refractivity contribution is -0.141. The maximum atomic E-state index is 11.7. The van der Waals surface area contributed by atoms with Gasteiger partial charge in [-0.05, 0) is 25.2 Å². The number of carbonyl (C=O) groups excluding carboxylic acids is 1. The largest absolute Gasteiger partial charge is 0.458 e. The molecule has 1 heterocycles. The van der Waals surface area contributed by atoms with Crippen molar-refractivity contribution in [1.82, 2.24) is 0 Å². The number of hydrogen-bond acceptors (Lipinski definition) is 2. The zero-order valence-corrected chi connectivity index (χ0v) is 11.1. The summed E-state index contributed by atoms with van der Waals surface area (Å²) in [6, 6.07) is 0. The third-order valence-electron chi connectivity index (χ3n) is 4.73.